The van der Waals surface area contributed by atoms with Crippen molar-refractivity contribution < 1.29 is 0 Å². The first-order chi connectivity index (χ1) is 13.0. The summed E-state index contributed by atoms with van der Waals surface area (Å²) in [6, 6.07) is 14.5. The Hall–Kier alpha value is -2.70. The Kier molecular flexibility index (Phi) is 4.68. The third kappa shape index (κ3) is 3.46. The van der Waals surface area contributed by atoms with Crippen molar-refractivity contribution in [3.8, 4) is 5.69 Å². The maximum absolute atomic E-state index is 6.10. The highest BCUT2D eigenvalue weighted by Crippen LogP contribution is 2.24. The average Bonchev–Trinajstić information content (AvgIpc) is 3.30. The van der Waals surface area contributed by atoms with Crippen LogP contribution in [0.15, 0.2) is 55.1 Å². The van der Waals surface area contributed by atoms with E-state index < -0.39 is 0 Å². The Morgan fingerprint density at radius 1 is 1.15 bits per heavy atom. The fourth-order valence-corrected chi connectivity index (χ4v) is 3.39. The van der Waals surface area contributed by atoms with Crippen LogP contribution < -0.4 is 0 Å². The summed E-state index contributed by atoms with van der Waals surface area (Å²) >= 11 is 6.10. The maximum atomic E-state index is 6.10. The van der Waals surface area contributed by atoms with Crippen molar-refractivity contribution >= 4 is 22.6 Å². The molecule has 27 heavy (non-hydrogen) atoms. The predicted molar refractivity (Wildman–Crippen MR) is 107 cm³/mol. The summed E-state index contributed by atoms with van der Waals surface area (Å²) in [6.07, 6.45) is 3.23. The fourth-order valence-electron chi connectivity index (χ4n) is 3.23. The quantitative estimate of drug-likeness (QED) is 0.525. The molecule has 0 aliphatic rings. The number of halogens is 1. The summed E-state index contributed by atoms with van der Waals surface area (Å²) < 4.78 is 3.88. The number of hydrogen-bond acceptors (Lipinski definition) is 4. The standard InChI is InChI=1S/C20H21ClN6/c1-14(15-4-7-17(8-5-15)27-13-22-12-23-27)25(2)11-20-24-18-10-16(21)6-9-19(18)26(20)3/h4-10,12-14H,11H2,1-3H3. The van der Waals surface area contributed by atoms with Crippen LogP contribution in [0.25, 0.3) is 16.7 Å². The first-order valence-electron chi connectivity index (χ1n) is 8.79. The third-order valence-corrected chi connectivity index (χ3v) is 5.28. The lowest BCUT2D eigenvalue weighted by Gasteiger charge is -2.25. The van der Waals surface area contributed by atoms with Crippen LogP contribution in [0, 0.1) is 0 Å². The number of rotatable bonds is 5. The Balaban J connectivity index is 1.52. The minimum Gasteiger partial charge on any atom is -0.330 e. The molecule has 6 nitrogen and oxygen atoms in total. The lowest BCUT2D eigenvalue weighted by Crippen LogP contribution is -2.23. The molecule has 0 saturated carbocycles. The Morgan fingerprint density at radius 2 is 1.93 bits per heavy atom. The van der Waals surface area contributed by atoms with Gasteiger partial charge in [-0.15, -0.1) is 0 Å². The summed E-state index contributed by atoms with van der Waals surface area (Å²) in [7, 11) is 4.16. The predicted octanol–water partition coefficient (Wildman–Crippen LogP) is 4.00. The minimum atomic E-state index is 0.248. The van der Waals surface area contributed by atoms with E-state index in [0.717, 1.165) is 29.1 Å². The van der Waals surface area contributed by atoms with Gasteiger partial charge in [0.2, 0.25) is 0 Å². The molecule has 138 valence electrons. The Labute approximate surface area is 163 Å². The Bertz CT molecular complexity index is 1050. The molecule has 0 amide bonds. The van der Waals surface area contributed by atoms with Gasteiger partial charge in [0.05, 0.1) is 23.3 Å². The molecule has 0 bridgehead atoms. The smallest absolute Gasteiger partial charge is 0.138 e. The van der Waals surface area contributed by atoms with E-state index in [0.29, 0.717) is 5.02 Å². The van der Waals surface area contributed by atoms with E-state index in [-0.39, 0.29) is 6.04 Å². The monoisotopic (exact) mass is 380 g/mol. The number of aryl methyl sites for hydroxylation is 1. The molecule has 2 aromatic heterocycles. The highest BCUT2D eigenvalue weighted by atomic mass is 35.5. The molecule has 7 heteroatoms. The van der Waals surface area contributed by atoms with Crippen molar-refractivity contribution in [1.82, 2.24) is 29.2 Å². The molecule has 2 aromatic carbocycles. The van der Waals surface area contributed by atoms with Crippen molar-refractivity contribution in [3.63, 3.8) is 0 Å². The summed E-state index contributed by atoms with van der Waals surface area (Å²) in [5.74, 6) is 1.01. The van der Waals surface area contributed by atoms with E-state index in [1.54, 1.807) is 11.0 Å². The van der Waals surface area contributed by atoms with Crippen LogP contribution in [-0.2, 0) is 13.6 Å². The van der Waals surface area contributed by atoms with Crippen molar-refractivity contribution in [1.29, 1.82) is 0 Å². The number of fused-ring (bicyclic) bond motifs is 1. The number of benzene rings is 2. The zero-order valence-electron chi connectivity index (χ0n) is 15.5. The van der Waals surface area contributed by atoms with Gasteiger partial charge in [-0.05, 0) is 49.9 Å². The topological polar surface area (TPSA) is 51.8 Å². The summed E-state index contributed by atoms with van der Waals surface area (Å²) in [5.41, 5.74) is 4.26. The van der Waals surface area contributed by atoms with Gasteiger partial charge in [0.15, 0.2) is 0 Å². The van der Waals surface area contributed by atoms with Crippen molar-refractivity contribution in [2.24, 2.45) is 7.05 Å². The third-order valence-electron chi connectivity index (χ3n) is 5.05. The van der Waals surface area contributed by atoms with E-state index in [2.05, 4.69) is 57.8 Å². The molecule has 1 unspecified atom stereocenters. The van der Waals surface area contributed by atoms with E-state index in [1.165, 1.54) is 11.9 Å². The van der Waals surface area contributed by atoms with Crippen molar-refractivity contribution in [2.45, 2.75) is 19.5 Å². The molecule has 0 aliphatic heterocycles. The van der Waals surface area contributed by atoms with Crippen LogP contribution in [0.1, 0.15) is 24.4 Å². The van der Waals surface area contributed by atoms with E-state index in [4.69, 9.17) is 16.6 Å². The SMILES string of the molecule is CC(c1ccc(-n2cncn2)cc1)N(C)Cc1nc2cc(Cl)ccc2n1C. The molecule has 0 fully saturated rings. The first kappa shape index (κ1) is 17.7. The van der Waals surface area contributed by atoms with Crippen LogP contribution in [0.2, 0.25) is 5.02 Å². The number of nitrogens with zero attached hydrogens (tertiary/aromatic N) is 6. The zero-order chi connectivity index (χ0) is 19.0. The molecule has 1 atom stereocenters. The highest BCUT2D eigenvalue weighted by molar-refractivity contribution is 6.31. The fraction of sp³-hybridized carbons (Fsp3) is 0.250. The molecule has 0 spiro atoms. The van der Waals surface area contributed by atoms with Gasteiger partial charge in [-0.1, -0.05) is 23.7 Å². The number of aromatic nitrogens is 5. The highest BCUT2D eigenvalue weighted by Gasteiger charge is 2.16. The van der Waals surface area contributed by atoms with Gasteiger partial charge < -0.3 is 4.57 Å². The van der Waals surface area contributed by atoms with E-state index in [9.17, 15) is 0 Å². The molecular weight excluding hydrogens is 360 g/mol. The van der Waals surface area contributed by atoms with Crippen LogP contribution in [0.4, 0.5) is 0 Å². The van der Waals surface area contributed by atoms with Crippen molar-refractivity contribution in [3.05, 3.63) is 71.5 Å². The van der Waals surface area contributed by atoms with Gasteiger partial charge >= 0.3 is 0 Å². The summed E-state index contributed by atoms with van der Waals surface area (Å²) in [6.45, 7) is 2.94. The van der Waals surface area contributed by atoms with E-state index >= 15 is 0 Å². The molecular formula is C20H21ClN6. The van der Waals surface area contributed by atoms with Crippen LogP contribution in [-0.4, -0.2) is 36.3 Å². The summed E-state index contributed by atoms with van der Waals surface area (Å²) in [4.78, 5) is 11.0. The normalized spacial score (nSPS) is 12.8. The zero-order valence-corrected chi connectivity index (χ0v) is 16.3. The van der Waals surface area contributed by atoms with Crippen LogP contribution in [0.3, 0.4) is 0 Å². The minimum absolute atomic E-state index is 0.248. The van der Waals surface area contributed by atoms with Gasteiger partial charge in [0.1, 0.15) is 18.5 Å². The number of hydrogen-bond donors (Lipinski definition) is 0. The molecule has 0 radical (unpaired) electrons. The van der Waals surface area contributed by atoms with Gasteiger partial charge in [-0.2, -0.15) is 5.10 Å². The van der Waals surface area contributed by atoms with Gasteiger partial charge in [-0.3, -0.25) is 4.90 Å². The molecule has 4 aromatic rings. The lowest BCUT2D eigenvalue weighted by atomic mass is 10.1. The van der Waals surface area contributed by atoms with Crippen LogP contribution in [0.5, 0.6) is 0 Å². The van der Waals surface area contributed by atoms with Crippen LogP contribution >= 0.6 is 11.6 Å². The second-order valence-corrected chi connectivity index (χ2v) is 7.18. The van der Waals surface area contributed by atoms with Gasteiger partial charge in [0.25, 0.3) is 0 Å². The van der Waals surface area contributed by atoms with Crippen molar-refractivity contribution in [2.75, 3.05) is 7.05 Å². The Morgan fingerprint density at radius 3 is 2.63 bits per heavy atom. The maximum Gasteiger partial charge on any atom is 0.138 e. The average molecular weight is 381 g/mol. The van der Waals surface area contributed by atoms with Gasteiger partial charge in [-0.25, -0.2) is 14.6 Å². The molecule has 0 saturated heterocycles. The molecule has 4 rings (SSSR count). The lowest BCUT2D eigenvalue weighted by molar-refractivity contribution is 0.245. The number of imidazole rings is 1. The second-order valence-electron chi connectivity index (χ2n) is 6.74. The van der Waals surface area contributed by atoms with E-state index in [1.807, 2.05) is 25.2 Å². The van der Waals surface area contributed by atoms with Gasteiger partial charge in [0, 0.05) is 18.1 Å². The first-order valence-corrected chi connectivity index (χ1v) is 9.17. The second kappa shape index (κ2) is 7.13. The molecule has 0 N–H and O–H groups in total. The largest absolute Gasteiger partial charge is 0.330 e. The summed E-state index contributed by atoms with van der Waals surface area (Å²) in [5, 5.41) is 4.87. The molecule has 2 heterocycles. The molecule has 0 aliphatic carbocycles.